The lowest BCUT2D eigenvalue weighted by molar-refractivity contribution is -0.134. The van der Waals surface area contributed by atoms with E-state index in [1.165, 1.54) is 18.0 Å². The number of hydrogen-bond acceptors (Lipinski definition) is 4. The van der Waals surface area contributed by atoms with Gasteiger partial charge in [-0.3, -0.25) is 4.79 Å². The molecule has 0 unspecified atom stereocenters. The average molecular weight is 383 g/mol. The van der Waals surface area contributed by atoms with Gasteiger partial charge in [-0.15, -0.1) is 12.4 Å². The number of nitrogens with zero attached hydrogens (tertiary/aromatic N) is 1. The van der Waals surface area contributed by atoms with E-state index in [9.17, 15) is 22.0 Å². The Morgan fingerprint density at radius 2 is 1.88 bits per heavy atom. The van der Waals surface area contributed by atoms with E-state index in [0.29, 0.717) is 13.1 Å². The first-order valence-electron chi connectivity index (χ1n) is 7.27. The predicted octanol–water partition coefficient (Wildman–Crippen LogP) is 1.51. The Labute approximate surface area is 146 Å². The minimum Gasteiger partial charge on any atom is -0.340 e. The Balaban J connectivity index is 0.00000288. The van der Waals surface area contributed by atoms with Crippen LogP contribution in [0.25, 0.3) is 0 Å². The van der Waals surface area contributed by atoms with Gasteiger partial charge in [-0.2, -0.15) is 0 Å². The molecule has 0 saturated carbocycles. The van der Waals surface area contributed by atoms with Crippen molar-refractivity contribution in [3.05, 3.63) is 35.4 Å². The van der Waals surface area contributed by atoms with E-state index < -0.39 is 32.1 Å². The Hall–Kier alpha value is -1.25. The quantitative estimate of drug-likeness (QED) is 0.857. The van der Waals surface area contributed by atoms with Crippen LogP contribution in [0.3, 0.4) is 0 Å². The van der Waals surface area contributed by atoms with Gasteiger partial charge in [0.15, 0.2) is 14.6 Å². The van der Waals surface area contributed by atoms with Gasteiger partial charge in [0.25, 0.3) is 0 Å². The molecule has 1 amide bonds. The number of nitrogens with one attached hydrogen (secondary N) is 1. The molecule has 1 aromatic rings. The van der Waals surface area contributed by atoms with Gasteiger partial charge in [-0.25, -0.2) is 17.2 Å². The fourth-order valence-electron chi connectivity index (χ4n) is 2.90. The smallest absolute Gasteiger partial charge is 0.244 e. The molecule has 1 fully saturated rings. The second-order valence-electron chi connectivity index (χ2n) is 5.91. The van der Waals surface area contributed by atoms with Gasteiger partial charge >= 0.3 is 0 Å². The van der Waals surface area contributed by atoms with Gasteiger partial charge in [0, 0.05) is 31.5 Å². The highest BCUT2D eigenvalue weighted by Crippen LogP contribution is 2.30. The summed E-state index contributed by atoms with van der Waals surface area (Å²) in [6, 6.07) is 3.10. The largest absolute Gasteiger partial charge is 0.340 e. The maximum Gasteiger partial charge on any atom is 0.244 e. The number of piperidine rings is 1. The van der Waals surface area contributed by atoms with Crippen molar-refractivity contribution in [3.8, 4) is 0 Å². The van der Waals surface area contributed by atoms with Crippen LogP contribution in [0, 0.1) is 11.6 Å². The molecule has 5 nitrogen and oxygen atoms in total. The molecular weight excluding hydrogens is 362 g/mol. The lowest BCUT2D eigenvalue weighted by atomic mass is 9.95. The highest BCUT2D eigenvalue weighted by atomic mass is 35.5. The van der Waals surface area contributed by atoms with Crippen LogP contribution >= 0.6 is 12.4 Å². The van der Waals surface area contributed by atoms with E-state index in [2.05, 4.69) is 5.32 Å². The van der Waals surface area contributed by atoms with Gasteiger partial charge in [-0.1, -0.05) is 6.07 Å². The third-order valence-electron chi connectivity index (χ3n) is 4.28. The molecular formula is C15H21ClF2N2O3S. The molecule has 1 aromatic carbocycles. The van der Waals surface area contributed by atoms with Crippen LogP contribution in [0.1, 0.15) is 18.4 Å². The second-order valence-corrected chi connectivity index (χ2v) is 8.24. The first-order valence-corrected chi connectivity index (χ1v) is 9.16. The molecule has 0 atom stereocenters. The summed E-state index contributed by atoms with van der Waals surface area (Å²) in [6.45, 7) is 0.741. The molecule has 0 aromatic heterocycles. The number of halogens is 3. The van der Waals surface area contributed by atoms with E-state index in [4.69, 9.17) is 0 Å². The molecule has 0 spiro atoms. The zero-order chi connectivity index (χ0) is 17.3. The van der Waals surface area contributed by atoms with Crippen LogP contribution < -0.4 is 5.32 Å². The summed E-state index contributed by atoms with van der Waals surface area (Å²) >= 11 is 0. The zero-order valence-corrected chi connectivity index (χ0v) is 15.1. The van der Waals surface area contributed by atoms with Crippen LogP contribution in [0.5, 0.6) is 0 Å². The second kappa shape index (κ2) is 7.76. The monoisotopic (exact) mass is 382 g/mol. The molecule has 1 saturated heterocycles. The van der Waals surface area contributed by atoms with Crippen molar-refractivity contribution in [2.24, 2.45) is 0 Å². The van der Waals surface area contributed by atoms with Crippen molar-refractivity contribution < 1.29 is 22.0 Å². The first kappa shape index (κ1) is 20.8. The van der Waals surface area contributed by atoms with E-state index in [-0.39, 0.29) is 37.4 Å². The molecule has 1 aliphatic heterocycles. The fourth-order valence-corrected chi connectivity index (χ4v) is 4.32. The summed E-state index contributed by atoms with van der Waals surface area (Å²) in [5, 5.41) is 3.03. The molecule has 0 radical (unpaired) electrons. The topological polar surface area (TPSA) is 66.5 Å². The summed E-state index contributed by atoms with van der Waals surface area (Å²) in [5.74, 6) is -2.01. The Morgan fingerprint density at radius 3 is 2.38 bits per heavy atom. The maximum atomic E-state index is 13.7. The molecule has 1 aliphatic rings. The van der Waals surface area contributed by atoms with Gasteiger partial charge in [0.05, 0.1) is 0 Å². The molecule has 1 N–H and O–H groups in total. The molecule has 2 rings (SSSR count). The number of benzene rings is 1. The number of carbonyl (C=O) groups is 1. The Morgan fingerprint density at radius 1 is 1.29 bits per heavy atom. The van der Waals surface area contributed by atoms with Gasteiger partial charge < -0.3 is 10.2 Å². The van der Waals surface area contributed by atoms with Crippen molar-refractivity contribution in [3.63, 3.8) is 0 Å². The highest BCUT2D eigenvalue weighted by Gasteiger charge is 2.49. The summed E-state index contributed by atoms with van der Waals surface area (Å²) < 4.78 is 49.6. The SMILES string of the molecule is CN(Cc1ccc(F)cc1F)C(=O)C1(S(C)(=O)=O)CCNCC1.Cl. The van der Waals surface area contributed by atoms with Crippen molar-refractivity contribution in [1.82, 2.24) is 10.2 Å². The average Bonchev–Trinajstić information content (AvgIpc) is 2.49. The molecule has 9 heteroatoms. The first-order chi connectivity index (χ1) is 10.7. The minimum atomic E-state index is -3.63. The lowest BCUT2D eigenvalue weighted by Gasteiger charge is -2.37. The third kappa shape index (κ3) is 4.04. The fraction of sp³-hybridized carbons (Fsp3) is 0.533. The van der Waals surface area contributed by atoms with E-state index in [1.807, 2.05) is 0 Å². The molecule has 1 heterocycles. The maximum absolute atomic E-state index is 13.7. The highest BCUT2D eigenvalue weighted by molar-refractivity contribution is 7.92. The molecule has 0 aliphatic carbocycles. The van der Waals surface area contributed by atoms with Crippen LogP contribution in [0.4, 0.5) is 8.78 Å². The number of rotatable bonds is 4. The number of sulfone groups is 1. The standard InChI is InChI=1S/C15H20F2N2O3S.ClH/c1-19(10-11-3-4-12(16)9-13(11)17)14(20)15(23(2,21)22)5-7-18-8-6-15;/h3-4,9,18H,5-8,10H2,1-2H3;1H. The van der Waals surface area contributed by atoms with Crippen molar-refractivity contribution in [1.29, 1.82) is 0 Å². The Kier molecular flexibility index (Phi) is 6.72. The summed E-state index contributed by atoms with van der Waals surface area (Å²) in [5.41, 5.74) is 0.139. The van der Waals surface area contributed by atoms with Crippen molar-refractivity contribution in [2.45, 2.75) is 24.1 Å². The lowest BCUT2D eigenvalue weighted by Crippen LogP contribution is -2.57. The van der Waals surface area contributed by atoms with Crippen molar-refractivity contribution >= 4 is 28.2 Å². The van der Waals surface area contributed by atoms with E-state index >= 15 is 0 Å². The van der Waals surface area contributed by atoms with Crippen LogP contribution in [-0.2, 0) is 21.2 Å². The van der Waals surface area contributed by atoms with Crippen LogP contribution in [0.15, 0.2) is 18.2 Å². The normalized spacial score (nSPS) is 17.0. The number of carbonyl (C=O) groups excluding carboxylic acids is 1. The summed E-state index contributed by atoms with van der Waals surface area (Å²) in [4.78, 5) is 14.0. The minimum absolute atomic E-state index is 0. The number of hydrogen-bond donors (Lipinski definition) is 1. The van der Waals surface area contributed by atoms with E-state index in [1.54, 1.807) is 0 Å². The summed E-state index contributed by atoms with van der Waals surface area (Å²) in [6.07, 6.45) is 1.42. The Bertz CT molecular complexity index is 707. The molecule has 0 bridgehead atoms. The zero-order valence-electron chi connectivity index (χ0n) is 13.5. The van der Waals surface area contributed by atoms with Crippen LogP contribution in [0.2, 0.25) is 0 Å². The molecule has 136 valence electrons. The van der Waals surface area contributed by atoms with Crippen LogP contribution in [-0.4, -0.2) is 50.4 Å². The van der Waals surface area contributed by atoms with E-state index in [0.717, 1.165) is 18.4 Å². The number of amides is 1. The molecule has 24 heavy (non-hydrogen) atoms. The summed E-state index contributed by atoms with van der Waals surface area (Å²) in [7, 11) is -2.20. The third-order valence-corrected chi connectivity index (χ3v) is 6.28. The van der Waals surface area contributed by atoms with Gasteiger partial charge in [0.2, 0.25) is 5.91 Å². The van der Waals surface area contributed by atoms with Gasteiger partial charge in [0.1, 0.15) is 11.6 Å². The predicted molar refractivity (Wildman–Crippen MR) is 89.8 cm³/mol. The van der Waals surface area contributed by atoms with Crippen molar-refractivity contribution in [2.75, 3.05) is 26.4 Å². The van der Waals surface area contributed by atoms with Gasteiger partial charge in [-0.05, 0) is 32.0 Å².